The molecule has 0 aromatic heterocycles. The lowest BCUT2D eigenvalue weighted by Crippen LogP contribution is -2.65. The fourth-order valence-corrected chi connectivity index (χ4v) is 9.50. The second kappa shape index (κ2) is 34.4. The Labute approximate surface area is 374 Å². The maximum absolute atomic E-state index is 13.1. The van der Waals surface area contributed by atoms with Gasteiger partial charge in [0.15, 0.2) is 6.10 Å². The highest BCUT2D eigenvalue weighted by Gasteiger charge is 2.56. The molecule has 374 valence electrons. The largest absolute Gasteiger partial charge is 0.472 e. The molecular formula is C41H81O19P3. The van der Waals surface area contributed by atoms with Gasteiger partial charge in [-0.1, -0.05) is 168 Å². The number of esters is 2. The molecule has 0 spiro atoms. The molecule has 1 aliphatic carbocycles. The molecule has 63 heavy (non-hydrogen) atoms. The molecule has 0 aromatic rings. The van der Waals surface area contributed by atoms with Crippen LogP contribution in [-0.4, -0.2) is 108 Å². The summed E-state index contributed by atoms with van der Waals surface area (Å²) in [5.74, 6) is -1.28. The summed E-state index contributed by atoms with van der Waals surface area (Å²) in [4.78, 5) is 73.1. The van der Waals surface area contributed by atoms with E-state index in [4.69, 9.17) is 18.5 Å². The third kappa shape index (κ3) is 30.9. The van der Waals surface area contributed by atoms with Crippen molar-refractivity contribution in [3.05, 3.63) is 0 Å². The molecule has 0 aliphatic heterocycles. The van der Waals surface area contributed by atoms with Gasteiger partial charge < -0.3 is 49.3 Å². The standard InChI is InChI=1S/C41H81O19P3/c1-3-5-7-9-11-13-15-17-19-21-23-25-27-29-34(42)55-31-33(57-35(43)30-28-26-24-22-20-18-16-14-12-10-8-6-4-2)32-56-63(53,54)60-39-36(44)37(45)40(58-61(47,48)49)41(38(39)46)59-62(50,51)52/h33,36-41,44-46H,3-32H2,1-2H3,(H,53,54)(H2,47,48,49)(H2,50,51,52)/t33-,36+,37-,38-,39+,40+,41+/m1/s1. The van der Waals surface area contributed by atoms with Gasteiger partial charge in [0.1, 0.15) is 43.2 Å². The molecule has 0 radical (unpaired) electrons. The van der Waals surface area contributed by atoms with Crippen LogP contribution in [0.25, 0.3) is 0 Å². The minimum absolute atomic E-state index is 0.00556. The summed E-state index contributed by atoms with van der Waals surface area (Å²) in [6.45, 7) is 2.94. The van der Waals surface area contributed by atoms with Crippen molar-refractivity contribution in [2.75, 3.05) is 13.2 Å². The average Bonchev–Trinajstić information content (AvgIpc) is 3.20. The van der Waals surface area contributed by atoms with Gasteiger partial charge in [0, 0.05) is 12.8 Å². The Hall–Kier alpha value is -0.850. The van der Waals surface area contributed by atoms with Crippen molar-refractivity contribution in [1.82, 2.24) is 0 Å². The number of rotatable bonds is 40. The molecule has 1 unspecified atom stereocenters. The first-order valence-electron chi connectivity index (χ1n) is 23.3. The number of ether oxygens (including phenoxy) is 2. The van der Waals surface area contributed by atoms with Gasteiger partial charge in [0.05, 0.1) is 6.61 Å². The van der Waals surface area contributed by atoms with Crippen molar-refractivity contribution in [2.24, 2.45) is 0 Å². The quantitative estimate of drug-likeness (QED) is 0.0164. The van der Waals surface area contributed by atoms with Crippen LogP contribution in [0.5, 0.6) is 0 Å². The normalized spacial score (nSPS) is 22.1. The highest BCUT2D eigenvalue weighted by molar-refractivity contribution is 7.47. The van der Waals surface area contributed by atoms with Crippen LogP contribution >= 0.6 is 23.5 Å². The van der Waals surface area contributed by atoms with E-state index in [0.29, 0.717) is 12.8 Å². The summed E-state index contributed by atoms with van der Waals surface area (Å²) in [6, 6.07) is 0. The number of carbonyl (C=O) groups excluding carboxylic acids is 2. The number of aliphatic hydroxyl groups is 3. The monoisotopic (exact) mass is 970 g/mol. The van der Waals surface area contributed by atoms with E-state index in [1.807, 2.05) is 0 Å². The van der Waals surface area contributed by atoms with Crippen LogP contribution < -0.4 is 0 Å². The zero-order valence-corrected chi connectivity index (χ0v) is 40.3. The fourth-order valence-electron chi connectivity index (χ4n) is 7.41. The first-order valence-corrected chi connectivity index (χ1v) is 27.9. The van der Waals surface area contributed by atoms with E-state index in [2.05, 4.69) is 22.9 Å². The molecule has 0 bridgehead atoms. The lowest BCUT2D eigenvalue weighted by atomic mass is 9.85. The molecule has 0 heterocycles. The van der Waals surface area contributed by atoms with Crippen LogP contribution in [0, 0.1) is 0 Å². The second-order valence-corrected chi connectivity index (χ2v) is 20.5. The number of hydrogen-bond donors (Lipinski definition) is 8. The van der Waals surface area contributed by atoms with Gasteiger partial charge in [-0.25, -0.2) is 13.7 Å². The van der Waals surface area contributed by atoms with Crippen LogP contribution in [0.4, 0.5) is 0 Å². The Balaban J connectivity index is 2.74. The Bertz CT molecular complexity index is 1350. The number of hydrogen-bond acceptors (Lipinski definition) is 14. The van der Waals surface area contributed by atoms with Gasteiger partial charge in [0.25, 0.3) is 0 Å². The zero-order chi connectivity index (χ0) is 47.2. The van der Waals surface area contributed by atoms with Crippen LogP contribution in [0.15, 0.2) is 0 Å². The number of phosphoric ester groups is 3. The van der Waals surface area contributed by atoms with Gasteiger partial charge in [-0.3, -0.25) is 27.7 Å². The average molecular weight is 971 g/mol. The smallest absolute Gasteiger partial charge is 0.462 e. The Morgan fingerprint density at radius 1 is 0.444 bits per heavy atom. The summed E-state index contributed by atoms with van der Waals surface area (Å²) in [5, 5.41) is 31.8. The topological polar surface area (TPSA) is 303 Å². The molecule has 0 aromatic carbocycles. The van der Waals surface area contributed by atoms with Crippen LogP contribution in [0.1, 0.15) is 194 Å². The molecular weight excluding hydrogens is 889 g/mol. The lowest BCUT2D eigenvalue weighted by Gasteiger charge is -2.44. The van der Waals surface area contributed by atoms with E-state index in [1.165, 1.54) is 103 Å². The van der Waals surface area contributed by atoms with Crippen LogP contribution in [-0.2, 0) is 50.9 Å². The second-order valence-electron chi connectivity index (χ2n) is 16.7. The highest BCUT2D eigenvalue weighted by Crippen LogP contribution is 2.51. The van der Waals surface area contributed by atoms with Crippen molar-refractivity contribution < 1.29 is 90.6 Å². The van der Waals surface area contributed by atoms with Crippen molar-refractivity contribution in [1.29, 1.82) is 0 Å². The molecule has 8 N–H and O–H groups in total. The number of aliphatic hydroxyl groups excluding tert-OH is 3. The van der Waals surface area contributed by atoms with Crippen LogP contribution in [0.2, 0.25) is 0 Å². The van der Waals surface area contributed by atoms with Gasteiger partial charge in [-0.15, -0.1) is 0 Å². The van der Waals surface area contributed by atoms with Crippen molar-refractivity contribution in [3.63, 3.8) is 0 Å². The Morgan fingerprint density at radius 3 is 1.16 bits per heavy atom. The number of phosphoric acid groups is 3. The number of carbonyl (C=O) groups is 2. The summed E-state index contributed by atoms with van der Waals surface area (Å²) in [6.07, 6.45) is 12.7. The van der Waals surface area contributed by atoms with Crippen molar-refractivity contribution in [3.8, 4) is 0 Å². The van der Waals surface area contributed by atoms with E-state index in [1.54, 1.807) is 0 Å². The first-order chi connectivity index (χ1) is 29.8. The molecule has 0 amide bonds. The maximum Gasteiger partial charge on any atom is 0.472 e. The van der Waals surface area contributed by atoms with E-state index in [-0.39, 0.29) is 12.8 Å². The predicted octanol–water partition coefficient (Wildman–Crippen LogP) is 7.96. The summed E-state index contributed by atoms with van der Waals surface area (Å²) in [5.41, 5.74) is 0. The fraction of sp³-hybridized carbons (Fsp3) is 0.951. The highest BCUT2D eigenvalue weighted by atomic mass is 31.2. The third-order valence-corrected chi connectivity index (χ3v) is 12.9. The molecule has 1 fully saturated rings. The summed E-state index contributed by atoms with van der Waals surface area (Å²) >= 11 is 0. The molecule has 19 nitrogen and oxygen atoms in total. The van der Waals surface area contributed by atoms with E-state index < -0.39 is 91.3 Å². The minimum Gasteiger partial charge on any atom is -0.462 e. The van der Waals surface area contributed by atoms with Crippen molar-refractivity contribution >= 4 is 35.4 Å². The lowest BCUT2D eigenvalue weighted by molar-refractivity contribution is -0.213. The van der Waals surface area contributed by atoms with E-state index in [0.717, 1.165) is 51.4 Å². The number of unbranched alkanes of at least 4 members (excludes halogenated alkanes) is 24. The Kier molecular flexibility index (Phi) is 32.9. The van der Waals surface area contributed by atoms with Gasteiger partial charge in [0.2, 0.25) is 0 Å². The first kappa shape index (κ1) is 60.2. The van der Waals surface area contributed by atoms with Crippen molar-refractivity contribution in [2.45, 2.75) is 236 Å². The molecule has 8 atom stereocenters. The van der Waals surface area contributed by atoms with Gasteiger partial charge >= 0.3 is 35.4 Å². The minimum atomic E-state index is -5.59. The van der Waals surface area contributed by atoms with E-state index in [9.17, 15) is 63.1 Å². The van der Waals surface area contributed by atoms with Crippen LogP contribution in [0.3, 0.4) is 0 Å². The summed E-state index contributed by atoms with van der Waals surface area (Å²) < 4.78 is 65.4. The molecule has 1 saturated carbocycles. The molecule has 1 aliphatic rings. The SMILES string of the molecule is CCCCCCCCCCCCCCCC(=O)OC[C@H](COP(=O)(O)O[C@@H]1[C@@H](O)[C@H](OP(=O)(O)O)[C@@H](OP(=O)(O)O)[C@H](O)[C@@H]1O)OC(=O)CCCCCCCCCCCCCCC. The Morgan fingerprint density at radius 2 is 0.778 bits per heavy atom. The predicted molar refractivity (Wildman–Crippen MR) is 234 cm³/mol. The maximum atomic E-state index is 13.1. The van der Waals surface area contributed by atoms with E-state index >= 15 is 0 Å². The molecule has 0 saturated heterocycles. The van der Waals surface area contributed by atoms with Gasteiger partial charge in [-0.2, -0.15) is 0 Å². The third-order valence-electron chi connectivity index (χ3n) is 10.9. The molecule has 1 rings (SSSR count). The molecule has 22 heteroatoms. The van der Waals surface area contributed by atoms with Gasteiger partial charge in [-0.05, 0) is 12.8 Å². The zero-order valence-electron chi connectivity index (χ0n) is 37.7. The summed E-state index contributed by atoms with van der Waals surface area (Å²) in [7, 11) is -16.6.